The lowest BCUT2D eigenvalue weighted by atomic mass is 9.98. The Bertz CT molecular complexity index is 448. The van der Waals surface area contributed by atoms with Gasteiger partial charge in [-0.25, -0.2) is 4.79 Å². The van der Waals surface area contributed by atoms with Crippen LogP contribution in [0.15, 0.2) is 35.3 Å². The lowest BCUT2D eigenvalue weighted by molar-refractivity contribution is 0.237. The van der Waals surface area contributed by atoms with Crippen molar-refractivity contribution >= 4 is 27.6 Å². The lowest BCUT2D eigenvalue weighted by Crippen LogP contribution is -2.39. The first kappa shape index (κ1) is 13.0. The van der Waals surface area contributed by atoms with Crippen molar-refractivity contribution in [2.45, 2.75) is 12.5 Å². The summed E-state index contributed by atoms with van der Waals surface area (Å²) in [7, 11) is 0. The molecule has 96 valence electrons. The van der Waals surface area contributed by atoms with Gasteiger partial charge in [0.25, 0.3) is 0 Å². The molecule has 18 heavy (non-hydrogen) atoms. The van der Waals surface area contributed by atoms with E-state index in [4.69, 9.17) is 0 Å². The summed E-state index contributed by atoms with van der Waals surface area (Å²) >= 11 is 3.16. The van der Waals surface area contributed by atoms with Gasteiger partial charge in [-0.15, -0.1) is 0 Å². The molecule has 0 aromatic heterocycles. The average molecular weight is 310 g/mol. The predicted molar refractivity (Wildman–Crippen MR) is 76.9 cm³/mol. The van der Waals surface area contributed by atoms with Crippen molar-refractivity contribution in [3.8, 4) is 0 Å². The molecule has 4 nitrogen and oxygen atoms in total. The van der Waals surface area contributed by atoms with E-state index in [0.29, 0.717) is 6.54 Å². The first-order chi connectivity index (χ1) is 8.81. The second-order valence-corrected chi connectivity index (χ2v) is 4.60. The highest BCUT2D eigenvalue weighted by molar-refractivity contribution is 9.11. The Hall–Kier alpha value is -1.49. The highest BCUT2D eigenvalue weighted by Crippen LogP contribution is 2.28. The molecule has 0 aliphatic carbocycles. The third-order valence-electron chi connectivity index (χ3n) is 2.86. The molecule has 0 radical (unpaired) electrons. The highest BCUT2D eigenvalue weighted by Gasteiger charge is 2.20. The van der Waals surface area contributed by atoms with E-state index in [0.717, 1.165) is 24.2 Å². The number of carbonyl (C=O) groups is 1. The minimum Gasteiger partial charge on any atom is -0.385 e. The minimum atomic E-state index is -0.137. The van der Waals surface area contributed by atoms with Gasteiger partial charge in [0.1, 0.15) is 0 Å². The second-order valence-electron chi connectivity index (χ2n) is 4.07. The molecule has 1 aliphatic heterocycles. The van der Waals surface area contributed by atoms with Crippen LogP contribution in [-0.2, 0) is 0 Å². The van der Waals surface area contributed by atoms with Crippen LogP contribution in [0.2, 0.25) is 0 Å². The van der Waals surface area contributed by atoms with E-state index in [9.17, 15) is 4.79 Å². The SMILES string of the molecule is O=C(NC/C=C/Br)N[C@H]1CCNc2ccccc21. The van der Waals surface area contributed by atoms with Crippen LogP contribution in [0.1, 0.15) is 18.0 Å². The number of benzene rings is 1. The van der Waals surface area contributed by atoms with Crippen LogP contribution in [0, 0.1) is 0 Å². The summed E-state index contributed by atoms with van der Waals surface area (Å²) in [5.41, 5.74) is 2.25. The molecule has 0 bridgehead atoms. The standard InChI is InChI=1S/C13H16BrN3O/c14-7-3-8-16-13(18)17-12-6-9-15-11-5-2-1-4-10(11)12/h1-5,7,12,15H,6,8-9H2,(H2,16,17,18)/b7-3+/t12-/m0/s1. The maximum atomic E-state index is 11.7. The van der Waals surface area contributed by atoms with E-state index < -0.39 is 0 Å². The molecular weight excluding hydrogens is 294 g/mol. The lowest BCUT2D eigenvalue weighted by Gasteiger charge is -2.27. The second kappa shape index (κ2) is 6.44. The Morgan fingerprint density at radius 1 is 1.50 bits per heavy atom. The largest absolute Gasteiger partial charge is 0.385 e. The molecule has 3 N–H and O–H groups in total. The molecule has 1 aromatic carbocycles. The van der Waals surface area contributed by atoms with Gasteiger partial charge >= 0.3 is 6.03 Å². The molecule has 2 rings (SSSR count). The Labute approximate surface area is 115 Å². The maximum absolute atomic E-state index is 11.7. The summed E-state index contributed by atoms with van der Waals surface area (Å²) in [6.45, 7) is 1.40. The van der Waals surface area contributed by atoms with Crippen molar-refractivity contribution in [3.63, 3.8) is 0 Å². The fourth-order valence-corrected chi connectivity index (χ4v) is 2.21. The Balaban J connectivity index is 1.96. The van der Waals surface area contributed by atoms with Crippen molar-refractivity contribution in [1.82, 2.24) is 10.6 Å². The molecule has 1 heterocycles. The molecule has 0 unspecified atom stereocenters. The zero-order valence-electron chi connectivity index (χ0n) is 9.95. The molecule has 2 amide bonds. The van der Waals surface area contributed by atoms with Crippen LogP contribution in [0.3, 0.4) is 0 Å². The smallest absolute Gasteiger partial charge is 0.315 e. The van der Waals surface area contributed by atoms with E-state index in [2.05, 4.69) is 31.9 Å². The summed E-state index contributed by atoms with van der Waals surface area (Å²) in [6.07, 6.45) is 2.73. The Morgan fingerprint density at radius 2 is 2.33 bits per heavy atom. The van der Waals surface area contributed by atoms with Crippen LogP contribution < -0.4 is 16.0 Å². The Morgan fingerprint density at radius 3 is 3.17 bits per heavy atom. The fourth-order valence-electron chi connectivity index (χ4n) is 2.02. The van der Waals surface area contributed by atoms with Crippen LogP contribution in [-0.4, -0.2) is 19.1 Å². The maximum Gasteiger partial charge on any atom is 0.315 e. The van der Waals surface area contributed by atoms with Crippen molar-refractivity contribution in [2.75, 3.05) is 18.4 Å². The number of hydrogen-bond acceptors (Lipinski definition) is 2. The number of rotatable bonds is 3. The van der Waals surface area contributed by atoms with E-state index in [1.54, 1.807) is 4.99 Å². The number of amides is 2. The number of halogens is 1. The van der Waals surface area contributed by atoms with Gasteiger partial charge in [0.05, 0.1) is 6.04 Å². The molecule has 1 atom stereocenters. The summed E-state index contributed by atoms with van der Waals surface area (Å²) < 4.78 is 0. The molecule has 1 aliphatic rings. The summed E-state index contributed by atoms with van der Waals surface area (Å²) in [5, 5.41) is 9.10. The van der Waals surface area contributed by atoms with Crippen LogP contribution in [0.5, 0.6) is 0 Å². The van der Waals surface area contributed by atoms with E-state index >= 15 is 0 Å². The quantitative estimate of drug-likeness (QED) is 0.804. The van der Waals surface area contributed by atoms with Gasteiger partial charge in [-0.2, -0.15) is 0 Å². The zero-order chi connectivity index (χ0) is 12.8. The highest BCUT2D eigenvalue weighted by atomic mass is 79.9. The fraction of sp³-hybridized carbons (Fsp3) is 0.308. The summed E-state index contributed by atoms with van der Waals surface area (Å²) in [6, 6.07) is 8.01. The van der Waals surface area contributed by atoms with Crippen LogP contribution in [0.25, 0.3) is 0 Å². The summed E-state index contributed by atoms with van der Waals surface area (Å²) in [4.78, 5) is 13.4. The first-order valence-electron chi connectivity index (χ1n) is 5.93. The normalized spacial score (nSPS) is 17.9. The van der Waals surface area contributed by atoms with Crippen molar-refractivity contribution in [3.05, 3.63) is 40.9 Å². The van der Waals surface area contributed by atoms with E-state index in [1.807, 2.05) is 30.3 Å². The van der Waals surface area contributed by atoms with Crippen LogP contribution >= 0.6 is 15.9 Å². The predicted octanol–water partition coefficient (Wildman–Crippen LogP) is 2.75. The van der Waals surface area contributed by atoms with E-state index in [-0.39, 0.29) is 12.1 Å². The third kappa shape index (κ3) is 3.26. The molecule has 0 saturated carbocycles. The number of anilines is 1. The molecule has 0 spiro atoms. The third-order valence-corrected chi connectivity index (χ3v) is 3.23. The van der Waals surface area contributed by atoms with Gasteiger partial charge in [-0.3, -0.25) is 0 Å². The number of fused-ring (bicyclic) bond motifs is 1. The number of para-hydroxylation sites is 1. The van der Waals surface area contributed by atoms with Gasteiger partial charge in [-0.05, 0) is 23.0 Å². The first-order valence-corrected chi connectivity index (χ1v) is 6.85. The average Bonchev–Trinajstić information content (AvgIpc) is 2.39. The topological polar surface area (TPSA) is 53.2 Å². The van der Waals surface area contributed by atoms with Gasteiger partial charge in [0.2, 0.25) is 0 Å². The Kier molecular flexibility index (Phi) is 4.64. The molecule has 1 aromatic rings. The van der Waals surface area contributed by atoms with Crippen molar-refractivity contribution in [1.29, 1.82) is 0 Å². The number of carbonyl (C=O) groups excluding carboxylic acids is 1. The molecule has 0 fully saturated rings. The summed E-state index contributed by atoms with van der Waals surface area (Å²) in [5.74, 6) is 0. The molecule has 0 saturated heterocycles. The van der Waals surface area contributed by atoms with Gasteiger partial charge in [-0.1, -0.05) is 40.2 Å². The van der Waals surface area contributed by atoms with Crippen molar-refractivity contribution < 1.29 is 4.79 Å². The van der Waals surface area contributed by atoms with Crippen LogP contribution in [0.4, 0.5) is 10.5 Å². The number of nitrogens with one attached hydrogen (secondary N) is 3. The molecule has 5 heteroatoms. The van der Waals surface area contributed by atoms with Gasteiger partial charge in [0.15, 0.2) is 0 Å². The number of hydrogen-bond donors (Lipinski definition) is 3. The molecular formula is C13H16BrN3O. The number of urea groups is 1. The van der Waals surface area contributed by atoms with Crippen molar-refractivity contribution in [2.24, 2.45) is 0 Å². The van der Waals surface area contributed by atoms with E-state index in [1.165, 1.54) is 0 Å². The zero-order valence-corrected chi connectivity index (χ0v) is 11.5. The monoisotopic (exact) mass is 309 g/mol. The van der Waals surface area contributed by atoms with Gasteiger partial charge < -0.3 is 16.0 Å². The minimum absolute atomic E-state index is 0.0791. The van der Waals surface area contributed by atoms with Gasteiger partial charge in [0, 0.05) is 18.8 Å².